The van der Waals surface area contributed by atoms with E-state index >= 15 is 0 Å². The van der Waals surface area contributed by atoms with E-state index in [1.165, 1.54) is 0 Å². The summed E-state index contributed by atoms with van der Waals surface area (Å²) >= 11 is 0. The zero-order chi connectivity index (χ0) is 21.1. The van der Waals surface area contributed by atoms with Crippen molar-refractivity contribution < 1.29 is 9.53 Å². The molecule has 1 atom stereocenters. The molecule has 7 heteroatoms. The summed E-state index contributed by atoms with van der Waals surface area (Å²) in [5.74, 6) is 1.26. The van der Waals surface area contributed by atoms with Crippen LogP contribution in [0.2, 0.25) is 0 Å². The van der Waals surface area contributed by atoms with E-state index in [2.05, 4.69) is 20.6 Å². The van der Waals surface area contributed by atoms with Crippen molar-refractivity contribution >= 4 is 23.2 Å². The summed E-state index contributed by atoms with van der Waals surface area (Å²) in [6.07, 6.45) is 1.89. The Labute approximate surface area is 176 Å². The number of amides is 1. The van der Waals surface area contributed by atoms with E-state index in [4.69, 9.17) is 4.74 Å². The summed E-state index contributed by atoms with van der Waals surface area (Å²) in [5, 5.41) is 6.18. The van der Waals surface area contributed by atoms with Crippen LogP contribution in [-0.4, -0.2) is 42.6 Å². The molecule has 154 valence electrons. The van der Waals surface area contributed by atoms with Gasteiger partial charge in [0.1, 0.15) is 11.9 Å². The van der Waals surface area contributed by atoms with Crippen molar-refractivity contribution in [1.29, 1.82) is 0 Å². The number of hydrogen-bond donors (Lipinski definition) is 2. The van der Waals surface area contributed by atoms with Gasteiger partial charge in [-0.3, -0.25) is 4.79 Å². The fourth-order valence-corrected chi connectivity index (χ4v) is 3.36. The molecule has 4 rings (SSSR count). The number of nitrogens with one attached hydrogen (secondary N) is 2. The monoisotopic (exact) mass is 403 g/mol. The zero-order valence-electron chi connectivity index (χ0n) is 17.3. The van der Waals surface area contributed by atoms with Crippen molar-refractivity contribution in [2.24, 2.45) is 0 Å². The Balaban J connectivity index is 1.47. The first-order valence-corrected chi connectivity index (χ1v) is 9.92. The van der Waals surface area contributed by atoms with Crippen molar-refractivity contribution in [3.05, 3.63) is 60.3 Å². The molecule has 0 bridgehead atoms. The highest BCUT2D eigenvalue weighted by atomic mass is 16.5. The molecule has 1 unspecified atom stereocenters. The van der Waals surface area contributed by atoms with Gasteiger partial charge in [0, 0.05) is 43.2 Å². The third kappa shape index (κ3) is 4.35. The molecule has 7 nitrogen and oxygen atoms in total. The van der Waals surface area contributed by atoms with Crippen LogP contribution in [0.15, 0.2) is 54.7 Å². The molecule has 2 aromatic carbocycles. The highest BCUT2D eigenvalue weighted by Gasteiger charge is 2.20. The molecule has 1 amide bonds. The SMILES string of the molecule is CC(CNc1ncc2c(n1)-c1ccccc1NC(=O)C2)Oc1cccc(N(C)C)c1. The van der Waals surface area contributed by atoms with E-state index in [1.54, 1.807) is 6.20 Å². The number of nitrogens with zero attached hydrogens (tertiary/aromatic N) is 3. The first-order chi connectivity index (χ1) is 14.5. The first kappa shape index (κ1) is 19.7. The van der Waals surface area contributed by atoms with Gasteiger partial charge in [-0.2, -0.15) is 0 Å². The van der Waals surface area contributed by atoms with E-state index in [0.717, 1.165) is 33.9 Å². The van der Waals surface area contributed by atoms with Crippen molar-refractivity contribution in [3.63, 3.8) is 0 Å². The van der Waals surface area contributed by atoms with Gasteiger partial charge in [0.05, 0.1) is 24.3 Å². The predicted molar refractivity (Wildman–Crippen MR) is 119 cm³/mol. The minimum absolute atomic E-state index is 0.0625. The smallest absolute Gasteiger partial charge is 0.228 e. The average Bonchev–Trinajstić information content (AvgIpc) is 2.87. The number of carbonyl (C=O) groups excluding carboxylic acids is 1. The molecule has 1 aliphatic heterocycles. The third-order valence-electron chi connectivity index (χ3n) is 4.89. The van der Waals surface area contributed by atoms with E-state index in [9.17, 15) is 4.79 Å². The molecule has 0 fully saturated rings. The average molecular weight is 403 g/mol. The van der Waals surface area contributed by atoms with E-state index in [-0.39, 0.29) is 18.4 Å². The fourth-order valence-electron chi connectivity index (χ4n) is 3.36. The number of para-hydroxylation sites is 1. The minimum atomic E-state index is -0.0830. The Morgan fingerprint density at radius 3 is 2.87 bits per heavy atom. The number of carbonyl (C=O) groups is 1. The zero-order valence-corrected chi connectivity index (χ0v) is 17.3. The van der Waals surface area contributed by atoms with Gasteiger partial charge in [0.15, 0.2) is 0 Å². The Kier molecular flexibility index (Phi) is 5.52. The van der Waals surface area contributed by atoms with Crippen LogP contribution in [0, 0.1) is 0 Å². The number of ether oxygens (including phenoxy) is 1. The maximum atomic E-state index is 12.1. The largest absolute Gasteiger partial charge is 0.489 e. The number of fused-ring (bicyclic) bond motifs is 3. The van der Waals surface area contributed by atoms with Crippen molar-refractivity contribution in [2.75, 3.05) is 36.2 Å². The van der Waals surface area contributed by atoms with Gasteiger partial charge in [-0.25, -0.2) is 9.97 Å². The lowest BCUT2D eigenvalue weighted by Gasteiger charge is -2.18. The lowest BCUT2D eigenvalue weighted by atomic mass is 10.1. The van der Waals surface area contributed by atoms with Crippen LogP contribution in [-0.2, 0) is 11.2 Å². The Morgan fingerprint density at radius 2 is 2.03 bits per heavy atom. The van der Waals surface area contributed by atoms with Crippen molar-refractivity contribution in [1.82, 2.24) is 9.97 Å². The maximum Gasteiger partial charge on any atom is 0.228 e. The Bertz CT molecular complexity index is 1070. The Hall–Kier alpha value is -3.61. The lowest BCUT2D eigenvalue weighted by Crippen LogP contribution is -2.23. The summed E-state index contributed by atoms with van der Waals surface area (Å²) in [5.41, 5.74) is 4.34. The number of benzene rings is 2. The number of aromatic nitrogens is 2. The third-order valence-corrected chi connectivity index (χ3v) is 4.89. The van der Waals surface area contributed by atoms with Gasteiger partial charge in [0.2, 0.25) is 11.9 Å². The summed E-state index contributed by atoms with van der Waals surface area (Å²) in [7, 11) is 4.00. The molecular formula is C23H25N5O2. The molecule has 1 aromatic heterocycles. The molecule has 0 spiro atoms. The molecule has 2 N–H and O–H groups in total. The normalized spacial score (nSPS) is 13.4. The van der Waals surface area contributed by atoms with Crippen LogP contribution in [0.25, 0.3) is 11.3 Å². The van der Waals surface area contributed by atoms with E-state index in [0.29, 0.717) is 12.5 Å². The topological polar surface area (TPSA) is 79.4 Å². The highest BCUT2D eigenvalue weighted by Crippen LogP contribution is 2.32. The first-order valence-electron chi connectivity index (χ1n) is 9.92. The van der Waals surface area contributed by atoms with Crippen LogP contribution >= 0.6 is 0 Å². The minimum Gasteiger partial charge on any atom is -0.489 e. The fraction of sp³-hybridized carbons (Fsp3) is 0.261. The van der Waals surface area contributed by atoms with E-state index in [1.807, 2.05) is 74.4 Å². The maximum absolute atomic E-state index is 12.1. The predicted octanol–water partition coefficient (Wildman–Crippen LogP) is 3.58. The number of anilines is 3. The Morgan fingerprint density at radius 1 is 1.20 bits per heavy atom. The van der Waals surface area contributed by atoms with Crippen LogP contribution in [0.1, 0.15) is 12.5 Å². The van der Waals surface area contributed by atoms with Gasteiger partial charge >= 0.3 is 0 Å². The molecule has 30 heavy (non-hydrogen) atoms. The second kappa shape index (κ2) is 8.41. The molecule has 3 aromatic rings. The molecule has 0 aliphatic carbocycles. The van der Waals surface area contributed by atoms with Gasteiger partial charge in [-0.1, -0.05) is 24.3 Å². The van der Waals surface area contributed by atoms with Gasteiger partial charge in [-0.05, 0) is 25.1 Å². The quantitative estimate of drug-likeness (QED) is 0.655. The molecule has 0 saturated heterocycles. The molecule has 0 radical (unpaired) electrons. The summed E-state index contributed by atoms with van der Waals surface area (Å²) in [4.78, 5) is 23.3. The molecule has 2 heterocycles. The van der Waals surface area contributed by atoms with Crippen LogP contribution < -0.4 is 20.3 Å². The molecular weight excluding hydrogens is 378 g/mol. The second-order valence-corrected chi connectivity index (χ2v) is 7.54. The van der Waals surface area contributed by atoms with Crippen LogP contribution in [0.3, 0.4) is 0 Å². The van der Waals surface area contributed by atoms with Gasteiger partial charge < -0.3 is 20.3 Å². The number of rotatable bonds is 6. The van der Waals surface area contributed by atoms with Gasteiger partial charge in [-0.15, -0.1) is 0 Å². The lowest BCUT2D eigenvalue weighted by molar-refractivity contribution is -0.115. The van der Waals surface area contributed by atoms with Crippen molar-refractivity contribution in [3.8, 4) is 17.0 Å². The second-order valence-electron chi connectivity index (χ2n) is 7.54. The standard InChI is InChI=1S/C23H25N5O2/c1-15(30-18-8-6-7-17(12-18)28(2)3)13-24-23-25-14-16-11-21(29)26-20-10-5-4-9-19(20)22(16)27-23/h4-10,12,14-15H,11,13H2,1-3H3,(H,26,29)(H,24,25,27). The highest BCUT2D eigenvalue weighted by molar-refractivity contribution is 5.99. The number of hydrogen-bond acceptors (Lipinski definition) is 6. The molecule has 0 saturated carbocycles. The molecule has 1 aliphatic rings. The summed E-state index contributed by atoms with van der Waals surface area (Å²) in [6, 6.07) is 15.7. The van der Waals surface area contributed by atoms with Gasteiger partial charge in [0.25, 0.3) is 0 Å². The van der Waals surface area contributed by atoms with Crippen LogP contribution in [0.5, 0.6) is 5.75 Å². The van der Waals surface area contributed by atoms with Crippen LogP contribution in [0.4, 0.5) is 17.3 Å². The summed E-state index contributed by atoms with van der Waals surface area (Å²) in [6.45, 7) is 2.54. The van der Waals surface area contributed by atoms with E-state index < -0.39 is 0 Å². The summed E-state index contributed by atoms with van der Waals surface area (Å²) < 4.78 is 6.03. The van der Waals surface area contributed by atoms with Crippen molar-refractivity contribution in [2.45, 2.75) is 19.4 Å².